The van der Waals surface area contributed by atoms with Crippen molar-refractivity contribution < 1.29 is 14.1 Å². The van der Waals surface area contributed by atoms with Crippen LogP contribution in [0.3, 0.4) is 0 Å². The minimum absolute atomic E-state index is 0.191. The van der Waals surface area contributed by atoms with Gasteiger partial charge in [-0.05, 0) is 30.6 Å². The van der Waals surface area contributed by atoms with E-state index in [4.69, 9.17) is 16.6 Å². The summed E-state index contributed by atoms with van der Waals surface area (Å²) in [4.78, 5) is 16.8. The van der Waals surface area contributed by atoms with Crippen LogP contribution in [0.1, 0.15) is 50.0 Å². The van der Waals surface area contributed by atoms with Gasteiger partial charge in [0.25, 0.3) is 4.84 Å². The molecular formula is C22H31N4O2S+. The predicted octanol–water partition coefficient (Wildman–Crippen LogP) is 2.45. The summed E-state index contributed by atoms with van der Waals surface area (Å²) < 4.78 is 7.51. The first kappa shape index (κ1) is 20.3. The molecule has 156 valence electrons. The quantitative estimate of drug-likeness (QED) is 0.763. The second-order valence-electron chi connectivity index (χ2n) is 8.35. The van der Waals surface area contributed by atoms with Crippen LogP contribution in [0, 0.1) is 10.8 Å². The highest BCUT2D eigenvalue weighted by Gasteiger charge is 2.31. The maximum atomic E-state index is 12.9. The molecule has 0 saturated carbocycles. The Labute approximate surface area is 177 Å². The fourth-order valence-corrected chi connectivity index (χ4v) is 4.68. The van der Waals surface area contributed by atoms with E-state index in [1.54, 1.807) is 4.68 Å². The fourth-order valence-electron chi connectivity index (χ4n) is 4.48. The summed E-state index contributed by atoms with van der Waals surface area (Å²) in [5, 5.41) is 4.59. The topological polar surface area (TPSA) is 55.7 Å². The minimum Gasteiger partial charge on any atom is -0.413 e. The smallest absolute Gasteiger partial charge is 0.291 e. The molecule has 0 spiro atoms. The highest BCUT2D eigenvalue weighted by molar-refractivity contribution is 7.71. The third-order valence-electron chi connectivity index (χ3n) is 6.18. The van der Waals surface area contributed by atoms with E-state index in [0.717, 1.165) is 57.4 Å². The van der Waals surface area contributed by atoms with E-state index in [0.29, 0.717) is 29.7 Å². The normalized spacial score (nSPS) is 23.0. The van der Waals surface area contributed by atoms with Crippen LogP contribution in [0.5, 0.6) is 0 Å². The average Bonchev–Trinajstić information content (AvgIpc) is 2.94. The number of hydrogen-bond acceptors (Lipinski definition) is 4. The van der Waals surface area contributed by atoms with Crippen molar-refractivity contribution in [1.82, 2.24) is 14.7 Å². The van der Waals surface area contributed by atoms with Gasteiger partial charge in [0, 0.05) is 31.8 Å². The van der Waals surface area contributed by atoms with Crippen LogP contribution in [0.15, 0.2) is 34.7 Å². The molecule has 7 heteroatoms. The first-order valence-electron chi connectivity index (χ1n) is 10.9. The molecule has 2 aliphatic rings. The molecule has 1 aromatic heterocycles. The van der Waals surface area contributed by atoms with Gasteiger partial charge in [-0.1, -0.05) is 43.2 Å². The molecule has 1 amide bonds. The molecule has 1 N–H and O–H groups in total. The molecule has 2 saturated heterocycles. The summed E-state index contributed by atoms with van der Waals surface area (Å²) >= 11 is 5.38. The zero-order valence-corrected chi connectivity index (χ0v) is 17.8. The zero-order valence-electron chi connectivity index (χ0n) is 17.0. The predicted molar refractivity (Wildman–Crippen MR) is 113 cm³/mol. The number of piperidine rings is 1. The van der Waals surface area contributed by atoms with E-state index in [2.05, 4.69) is 22.1 Å². The van der Waals surface area contributed by atoms with Crippen LogP contribution >= 0.6 is 12.2 Å². The second-order valence-corrected chi connectivity index (χ2v) is 8.69. The number of quaternary nitrogens is 1. The van der Waals surface area contributed by atoms with Crippen LogP contribution < -0.4 is 4.90 Å². The molecule has 29 heavy (non-hydrogen) atoms. The molecule has 0 atom stereocenters. The Kier molecular flexibility index (Phi) is 6.77. The number of carbonyl (C=O) groups excluding carboxylic acids is 1. The molecule has 3 heterocycles. The summed E-state index contributed by atoms with van der Waals surface area (Å²) in [6.07, 6.45) is 7.39. The number of aromatic nitrogens is 2. The van der Waals surface area contributed by atoms with Gasteiger partial charge in [0.05, 0.1) is 19.5 Å². The number of carbonyl (C=O) groups is 1. The van der Waals surface area contributed by atoms with Gasteiger partial charge in [-0.25, -0.2) is 0 Å². The summed E-state index contributed by atoms with van der Waals surface area (Å²) in [6, 6.07) is 10.2. The molecule has 1 aromatic carbocycles. The Balaban J connectivity index is 1.29. The largest absolute Gasteiger partial charge is 0.413 e. The zero-order chi connectivity index (χ0) is 20.1. The van der Waals surface area contributed by atoms with Crippen molar-refractivity contribution in [2.24, 2.45) is 5.92 Å². The van der Waals surface area contributed by atoms with Gasteiger partial charge in [0.1, 0.15) is 0 Å². The van der Waals surface area contributed by atoms with E-state index in [9.17, 15) is 4.79 Å². The average molecular weight is 416 g/mol. The van der Waals surface area contributed by atoms with E-state index in [1.807, 2.05) is 18.2 Å². The van der Waals surface area contributed by atoms with E-state index in [-0.39, 0.29) is 5.92 Å². The number of rotatable bonds is 5. The lowest BCUT2D eigenvalue weighted by Crippen LogP contribution is -3.12. The highest BCUT2D eigenvalue weighted by Crippen LogP contribution is 2.18. The first-order valence-corrected chi connectivity index (χ1v) is 11.3. The summed E-state index contributed by atoms with van der Waals surface area (Å²) in [6.45, 7) is 4.57. The third-order valence-corrected chi connectivity index (χ3v) is 6.47. The van der Waals surface area contributed by atoms with E-state index < -0.39 is 0 Å². The van der Waals surface area contributed by atoms with Crippen molar-refractivity contribution in [1.29, 1.82) is 0 Å². The van der Waals surface area contributed by atoms with E-state index >= 15 is 0 Å². The van der Waals surface area contributed by atoms with Crippen molar-refractivity contribution >= 4 is 18.1 Å². The van der Waals surface area contributed by atoms with Gasteiger partial charge >= 0.3 is 0 Å². The molecule has 0 radical (unpaired) electrons. The summed E-state index contributed by atoms with van der Waals surface area (Å²) in [5.74, 6) is 1.23. The van der Waals surface area contributed by atoms with Gasteiger partial charge < -0.3 is 14.2 Å². The molecule has 2 fully saturated rings. The Bertz CT molecular complexity index is 847. The number of amides is 1. The first-order chi connectivity index (χ1) is 14.2. The number of likely N-dealkylation sites (tertiary alicyclic amines) is 2. The molecule has 0 aliphatic carbocycles. The minimum atomic E-state index is 0.191. The molecule has 4 rings (SSSR count). The Hall–Kier alpha value is -1.99. The van der Waals surface area contributed by atoms with Crippen LogP contribution in [-0.2, 0) is 17.9 Å². The number of benzene rings is 1. The van der Waals surface area contributed by atoms with Crippen molar-refractivity contribution in [2.45, 2.75) is 51.6 Å². The molecule has 0 unspecified atom stereocenters. The van der Waals surface area contributed by atoms with Crippen LogP contribution in [0.2, 0.25) is 0 Å². The number of nitrogens with zero attached hydrogens (tertiary/aromatic N) is 3. The molecule has 6 nitrogen and oxygen atoms in total. The number of nitrogens with one attached hydrogen (secondary N) is 1. The van der Waals surface area contributed by atoms with Crippen molar-refractivity contribution in [3.05, 3.63) is 46.6 Å². The van der Waals surface area contributed by atoms with Crippen molar-refractivity contribution in [3.63, 3.8) is 0 Å². The lowest BCUT2D eigenvalue weighted by atomic mass is 9.95. The Morgan fingerprint density at radius 3 is 2.48 bits per heavy atom. The molecule has 2 aromatic rings. The van der Waals surface area contributed by atoms with Gasteiger partial charge in [-0.2, -0.15) is 4.68 Å². The monoisotopic (exact) mass is 415 g/mol. The van der Waals surface area contributed by atoms with Crippen molar-refractivity contribution in [3.8, 4) is 0 Å². The highest BCUT2D eigenvalue weighted by atomic mass is 32.1. The molecule has 0 bridgehead atoms. The lowest BCUT2D eigenvalue weighted by Gasteiger charge is -2.31. The van der Waals surface area contributed by atoms with Crippen LogP contribution in [0.25, 0.3) is 0 Å². The van der Waals surface area contributed by atoms with Crippen LogP contribution in [0.4, 0.5) is 0 Å². The molecule has 2 aliphatic heterocycles. The summed E-state index contributed by atoms with van der Waals surface area (Å²) in [5.41, 5.74) is 1.16. The fraction of sp³-hybridized carbons (Fsp3) is 0.591. The van der Waals surface area contributed by atoms with Crippen LogP contribution in [-0.4, -0.2) is 46.8 Å². The van der Waals surface area contributed by atoms with Gasteiger partial charge in [0.2, 0.25) is 11.8 Å². The maximum absolute atomic E-state index is 12.9. The standard InChI is InChI=1S/C22H30N4O2S/c27-21(25-12-6-1-2-7-13-25)19-10-14-24(15-11-19)17-26-22(29)28-20(23-26)16-18-8-4-3-5-9-18/h3-5,8-9,19H,1-2,6-7,10-17H2/p+1. The van der Waals surface area contributed by atoms with Gasteiger partial charge in [-0.3, -0.25) is 4.79 Å². The number of hydrogen-bond donors (Lipinski definition) is 1. The SMILES string of the molecule is O=C(C1CC[NH+](Cn2nc(Cc3ccccc3)oc2=S)CC1)N1CCCCCC1. The van der Waals surface area contributed by atoms with Crippen molar-refractivity contribution in [2.75, 3.05) is 26.2 Å². The maximum Gasteiger partial charge on any atom is 0.291 e. The van der Waals surface area contributed by atoms with E-state index in [1.165, 1.54) is 17.7 Å². The van der Waals surface area contributed by atoms with Gasteiger partial charge in [0.15, 0.2) is 6.67 Å². The van der Waals surface area contributed by atoms with Gasteiger partial charge in [-0.15, -0.1) is 5.10 Å². The second kappa shape index (κ2) is 9.67. The Morgan fingerprint density at radius 1 is 1.10 bits per heavy atom. The Morgan fingerprint density at radius 2 is 1.79 bits per heavy atom. The third kappa shape index (κ3) is 5.34. The summed E-state index contributed by atoms with van der Waals surface area (Å²) in [7, 11) is 0. The molecular weight excluding hydrogens is 384 g/mol. The lowest BCUT2D eigenvalue weighted by molar-refractivity contribution is -0.929.